The van der Waals surface area contributed by atoms with Gasteiger partial charge in [0.2, 0.25) is 0 Å². The second-order valence-corrected chi connectivity index (χ2v) is 3.77. The molecule has 84 valence electrons. The van der Waals surface area contributed by atoms with E-state index in [2.05, 4.69) is 21.4 Å². The van der Waals surface area contributed by atoms with Gasteiger partial charge >= 0.3 is 0 Å². The highest BCUT2D eigenvalue weighted by Crippen LogP contribution is 2.11. The van der Waals surface area contributed by atoms with Gasteiger partial charge in [-0.2, -0.15) is 0 Å². The van der Waals surface area contributed by atoms with E-state index in [0.29, 0.717) is 0 Å². The van der Waals surface area contributed by atoms with Crippen LogP contribution in [0.15, 0.2) is 30.6 Å². The Labute approximate surface area is 94.9 Å². The molecule has 0 saturated carbocycles. The number of H-pyrrole nitrogens is 1. The van der Waals surface area contributed by atoms with E-state index in [1.54, 1.807) is 0 Å². The number of nitrogens with two attached hydrogens (primary N) is 1. The molecule has 4 heteroatoms. The van der Waals surface area contributed by atoms with Crippen molar-refractivity contribution in [3.05, 3.63) is 41.9 Å². The van der Waals surface area contributed by atoms with Gasteiger partial charge in [-0.15, -0.1) is 0 Å². The molecular formula is C12H16N4. The van der Waals surface area contributed by atoms with Crippen LogP contribution < -0.4 is 11.1 Å². The maximum absolute atomic E-state index is 5.70. The summed E-state index contributed by atoms with van der Waals surface area (Å²) in [6, 6.07) is 5.85. The van der Waals surface area contributed by atoms with E-state index in [0.717, 1.165) is 30.2 Å². The minimum absolute atomic E-state index is 0.733. The van der Waals surface area contributed by atoms with E-state index in [1.165, 1.54) is 5.56 Å². The summed E-state index contributed by atoms with van der Waals surface area (Å²) in [4.78, 5) is 7.38. The second kappa shape index (κ2) is 4.70. The van der Waals surface area contributed by atoms with Crippen LogP contribution in [0.2, 0.25) is 0 Å². The normalized spacial score (nSPS) is 10.3. The highest BCUT2D eigenvalue weighted by molar-refractivity contribution is 5.49. The summed E-state index contributed by atoms with van der Waals surface area (Å²) in [5, 5.41) is 3.27. The molecule has 0 fully saturated rings. The highest BCUT2D eigenvalue weighted by atomic mass is 15.0. The standard InChI is InChI=1S/C12H16N4/c1-9-11(13)2-3-12(16-9)15-7-5-10-4-6-14-8-10/h2-4,6,8,14H,5,7,13H2,1H3,(H,15,16). The Morgan fingerprint density at radius 3 is 2.94 bits per heavy atom. The predicted octanol–water partition coefficient (Wildman–Crippen LogP) is 1.95. The topological polar surface area (TPSA) is 66.7 Å². The lowest BCUT2D eigenvalue weighted by Crippen LogP contribution is -2.06. The lowest BCUT2D eigenvalue weighted by molar-refractivity contribution is 1.00. The van der Waals surface area contributed by atoms with E-state index < -0.39 is 0 Å². The van der Waals surface area contributed by atoms with Crippen molar-refractivity contribution < 1.29 is 0 Å². The Morgan fingerprint density at radius 1 is 1.38 bits per heavy atom. The third-order valence-corrected chi connectivity index (χ3v) is 2.51. The Hall–Kier alpha value is -1.97. The van der Waals surface area contributed by atoms with Crippen molar-refractivity contribution in [3.63, 3.8) is 0 Å². The molecule has 0 saturated heterocycles. The van der Waals surface area contributed by atoms with Crippen molar-refractivity contribution in [2.24, 2.45) is 0 Å². The first kappa shape index (κ1) is 10.5. The number of aromatic amines is 1. The molecule has 0 amide bonds. The van der Waals surface area contributed by atoms with Gasteiger partial charge in [0, 0.05) is 18.9 Å². The summed E-state index contributed by atoms with van der Waals surface area (Å²) >= 11 is 0. The maximum Gasteiger partial charge on any atom is 0.126 e. The Kier molecular flexibility index (Phi) is 3.10. The number of rotatable bonds is 4. The number of anilines is 2. The zero-order chi connectivity index (χ0) is 11.4. The number of aromatic nitrogens is 2. The molecule has 0 unspecified atom stereocenters. The van der Waals surface area contributed by atoms with Crippen LogP contribution >= 0.6 is 0 Å². The zero-order valence-electron chi connectivity index (χ0n) is 9.33. The first-order valence-corrected chi connectivity index (χ1v) is 5.34. The molecule has 2 aromatic heterocycles. The minimum atomic E-state index is 0.733. The fourth-order valence-electron chi connectivity index (χ4n) is 1.52. The predicted molar refractivity (Wildman–Crippen MR) is 66.4 cm³/mol. The maximum atomic E-state index is 5.70. The fourth-order valence-corrected chi connectivity index (χ4v) is 1.52. The second-order valence-electron chi connectivity index (χ2n) is 3.77. The quantitative estimate of drug-likeness (QED) is 0.731. The summed E-state index contributed by atoms with van der Waals surface area (Å²) < 4.78 is 0. The van der Waals surface area contributed by atoms with Gasteiger partial charge in [-0.1, -0.05) is 0 Å². The average Bonchev–Trinajstić information content (AvgIpc) is 2.76. The van der Waals surface area contributed by atoms with Gasteiger partial charge in [0.15, 0.2) is 0 Å². The number of pyridine rings is 1. The summed E-state index contributed by atoms with van der Waals surface area (Å²) in [5.41, 5.74) is 8.59. The number of hydrogen-bond donors (Lipinski definition) is 3. The van der Waals surface area contributed by atoms with Crippen LogP contribution in [0.3, 0.4) is 0 Å². The molecule has 16 heavy (non-hydrogen) atoms. The van der Waals surface area contributed by atoms with E-state index in [9.17, 15) is 0 Å². The molecule has 0 spiro atoms. The molecule has 4 N–H and O–H groups in total. The molecule has 0 aromatic carbocycles. The van der Waals surface area contributed by atoms with Gasteiger partial charge in [-0.25, -0.2) is 4.98 Å². The van der Waals surface area contributed by atoms with Crippen LogP contribution in [0.25, 0.3) is 0 Å². The Bertz CT molecular complexity index is 448. The number of hydrogen-bond acceptors (Lipinski definition) is 3. The number of nitrogen functional groups attached to an aromatic ring is 1. The molecule has 0 aliphatic rings. The number of nitrogens with zero attached hydrogens (tertiary/aromatic N) is 1. The molecule has 2 aromatic rings. The molecule has 0 bridgehead atoms. The lowest BCUT2D eigenvalue weighted by atomic mass is 10.2. The first-order chi connectivity index (χ1) is 7.75. The van der Waals surface area contributed by atoms with Gasteiger partial charge in [-0.05, 0) is 37.1 Å². The van der Waals surface area contributed by atoms with E-state index in [4.69, 9.17) is 5.73 Å². The van der Waals surface area contributed by atoms with Crippen molar-refractivity contribution in [3.8, 4) is 0 Å². The van der Waals surface area contributed by atoms with E-state index in [-0.39, 0.29) is 0 Å². The van der Waals surface area contributed by atoms with Crippen LogP contribution in [0.1, 0.15) is 11.3 Å². The van der Waals surface area contributed by atoms with E-state index in [1.807, 2.05) is 31.5 Å². The summed E-state index contributed by atoms with van der Waals surface area (Å²) in [6.45, 7) is 2.78. The summed E-state index contributed by atoms with van der Waals surface area (Å²) in [7, 11) is 0. The van der Waals surface area contributed by atoms with Gasteiger partial charge in [-0.3, -0.25) is 0 Å². The first-order valence-electron chi connectivity index (χ1n) is 5.34. The van der Waals surface area contributed by atoms with Crippen LogP contribution in [0.5, 0.6) is 0 Å². The molecule has 4 nitrogen and oxygen atoms in total. The van der Waals surface area contributed by atoms with Crippen molar-refractivity contribution >= 4 is 11.5 Å². The summed E-state index contributed by atoms with van der Waals surface area (Å²) in [6.07, 6.45) is 4.92. The molecule has 0 aliphatic heterocycles. The monoisotopic (exact) mass is 216 g/mol. The molecule has 0 radical (unpaired) electrons. The molecular weight excluding hydrogens is 200 g/mol. The molecule has 0 aliphatic carbocycles. The Balaban J connectivity index is 1.87. The van der Waals surface area contributed by atoms with Gasteiger partial charge in [0.05, 0.1) is 11.4 Å². The molecule has 0 atom stereocenters. The summed E-state index contributed by atoms with van der Waals surface area (Å²) in [5.74, 6) is 0.877. The van der Waals surface area contributed by atoms with Crippen LogP contribution in [0.4, 0.5) is 11.5 Å². The van der Waals surface area contributed by atoms with Crippen LogP contribution in [-0.2, 0) is 6.42 Å². The minimum Gasteiger partial charge on any atom is -0.397 e. The Morgan fingerprint density at radius 2 is 2.25 bits per heavy atom. The van der Waals surface area contributed by atoms with Gasteiger partial charge < -0.3 is 16.0 Å². The lowest BCUT2D eigenvalue weighted by Gasteiger charge is -2.06. The van der Waals surface area contributed by atoms with Gasteiger partial charge in [0.25, 0.3) is 0 Å². The van der Waals surface area contributed by atoms with Crippen molar-refractivity contribution in [2.75, 3.05) is 17.6 Å². The zero-order valence-corrected chi connectivity index (χ0v) is 9.33. The third-order valence-electron chi connectivity index (χ3n) is 2.51. The van der Waals surface area contributed by atoms with Crippen LogP contribution in [0, 0.1) is 6.92 Å². The SMILES string of the molecule is Cc1nc(NCCc2cc[nH]c2)ccc1N. The smallest absolute Gasteiger partial charge is 0.126 e. The average molecular weight is 216 g/mol. The van der Waals surface area contributed by atoms with Crippen molar-refractivity contribution in [1.82, 2.24) is 9.97 Å². The fraction of sp³-hybridized carbons (Fsp3) is 0.250. The largest absolute Gasteiger partial charge is 0.397 e. The highest BCUT2D eigenvalue weighted by Gasteiger charge is 1.98. The van der Waals surface area contributed by atoms with Crippen LogP contribution in [-0.4, -0.2) is 16.5 Å². The number of aryl methyl sites for hydroxylation is 1. The number of nitrogens with one attached hydrogen (secondary N) is 2. The van der Waals surface area contributed by atoms with E-state index >= 15 is 0 Å². The van der Waals surface area contributed by atoms with Crippen molar-refractivity contribution in [1.29, 1.82) is 0 Å². The third kappa shape index (κ3) is 2.53. The van der Waals surface area contributed by atoms with Crippen molar-refractivity contribution in [2.45, 2.75) is 13.3 Å². The molecule has 2 heterocycles. The molecule has 2 rings (SSSR count). The van der Waals surface area contributed by atoms with Gasteiger partial charge in [0.1, 0.15) is 5.82 Å².